The van der Waals surface area contributed by atoms with Crippen molar-refractivity contribution in [1.82, 2.24) is 19.6 Å². The molecule has 1 aliphatic heterocycles. The van der Waals surface area contributed by atoms with Crippen LogP contribution >= 0.6 is 0 Å². The zero-order valence-electron chi connectivity index (χ0n) is 15.8. The maximum absolute atomic E-state index is 14.4. The van der Waals surface area contributed by atoms with E-state index in [-0.39, 0.29) is 6.04 Å². The molecule has 0 radical (unpaired) electrons. The summed E-state index contributed by atoms with van der Waals surface area (Å²) in [5.41, 5.74) is 2.51. The van der Waals surface area contributed by atoms with Crippen molar-refractivity contribution in [2.24, 2.45) is 0 Å². The average molecular weight is 402 g/mol. The quantitative estimate of drug-likeness (QED) is 0.512. The third-order valence-electron chi connectivity index (χ3n) is 5.34. The summed E-state index contributed by atoms with van der Waals surface area (Å²) in [5.74, 6) is -0.235. The molecule has 148 valence electrons. The number of imidazole rings is 1. The zero-order chi connectivity index (χ0) is 20.7. The Balaban J connectivity index is 1.58. The summed E-state index contributed by atoms with van der Waals surface area (Å²) in [5, 5.41) is 13.8. The van der Waals surface area contributed by atoms with Crippen LogP contribution in [0.3, 0.4) is 0 Å². The van der Waals surface area contributed by atoms with Gasteiger partial charge in [0.05, 0.1) is 17.9 Å². The van der Waals surface area contributed by atoms with Gasteiger partial charge in [0.25, 0.3) is 0 Å². The molecule has 0 spiro atoms. The van der Waals surface area contributed by atoms with Gasteiger partial charge < -0.3 is 4.90 Å². The second-order valence-electron chi connectivity index (χ2n) is 7.14. The molecule has 1 unspecified atom stereocenters. The highest BCUT2D eigenvalue weighted by molar-refractivity contribution is 5.61. The molecule has 0 aliphatic carbocycles. The van der Waals surface area contributed by atoms with Crippen LogP contribution in [0.4, 0.5) is 14.6 Å². The van der Waals surface area contributed by atoms with Gasteiger partial charge in [0.1, 0.15) is 34.9 Å². The second-order valence-corrected chi connectivity index (χ2v) is 7.14. The lowest BCUT2D eigenvalue weighted by molar-refractivity contribution is 0.559. The van der Waals surface area contributed by atoms with Gasteiger partial charge >= 0.3 is 0 Å². The van der Waals surface area contributed by atoms with Gasteiger partial charge in [0.2, 0.25) is 0 Å². The normalized spacial score (nSPS) is 16.2. The number of fused-ring (bicyclic) bond motifs is 1. The minimum Gasteiger partial charge on any atom is -0.348 e. The third kappa shape index (κ3) is 3.05. The summed E-state index contributed by atoms with van der Waals surface area (Å²) in [4.78, 5) is 10.7. The molecule has 1 saturated heterocycles. The number of rotatable bonds is 3. The van der Waals surface area contributed by atoms with Gasteiger partial charge in [-0.1, -0.05) is 6.07 Å². The highest BCUT2D eigenvalue weighted by Crippen LogP contribution is 2.36. The van der Waals surface area contributed by atoms with E-state index in [9.17, 15) is 8.78 Å². The molecule has 1 aromatic carbocycles. The maximum Gasteiger partial charge on any atom is 0.154 e. The van der Waals surface area contributed by atoms with Gasteiger partial charge in [-0.25, -0.2) is 23.3 Å². The summed E-state index contributed by atoms with van der Waals surface area (Å²) in [6.07, 6.45) is 3.22. The van der Waals surface area contributed by atoms with Crippen molar-refractivity contribution in [3.05, 3.63) is 77.6 Å². The van der Waals surface area contributed by atoms with Crippen LogP contribution in [0.15, 0.2) is 54.7 Å². The molecule has 5 rings (SSSR count). The highest BCUT2D eigenvalue weighted by atomic mass is 19.1. The van der Waals surface area contributed by atoms with E-state index in [2.05, 4.69) is 9.97 Å². The van der Waals surface area contributed by atoms with E-state index in [4.69, 9.17) is 10.4 Å². The molecule has 4 heterocycles. The van der Waals surface area contributed by atoms with Crippen molar-refractivity contribution < 1.29 is 8.78 Å². The number of benzene rings is 1. The molecule has 0 bridgehead atoms. The molecule has 3 aromatic heterocycles. The standard InChI is InChI=1S/C22H16F2N6/c23-14-6-7-17(24)16(11-14)19-5-2-10-29(19)22-9-8-21-26-13-20(30(21)28-22)18-4-1-3-15(12-25)27-18/h1,3-4,6-9,11,13,19H,2,5,10H2. The van der Waals surface area contributed by atoms with Crippen molar-refractivity contribution in [3.63, 3.8) is 0 Å². The van der Waals surface area contributed by atoms with Crippen LogP contribution in [0.5, 0.6) is 0 Å². The molecule has 30 heavy (non-hydrogen) atoms. The van der Waals surface area contributed by atoms with E-state index in [1.165, 1.54) is 12.1 Å². The number of halogens is 2. The Morgan fingerprint density at radius 3 is 2.87 bits per heavy atom. The molecule has 0 N–H and O–H groups in total. The predicted molar refractivity (Wildman–Crippen MR) is 107 cm³/mol. The summed E-state index contributed by atoms with van der Waals surface area (Å²) < 4.78 is 29.8. The Hall–Kier alpha value is -3.86. The smallest absolute Gasteiger partial charge is 0.154 e. The van der Waals surface area contributed by atoms with Crippen molar-refractivity contribution in [1.29, 1.82) is 5.26 Å². The van der Waals surface area contributed by atoms with Crippen molar-refractivity contribution in [2.75, 3.05) is 11.4 Å². The monoisotopic (exact) mass is 402 g/mol. The lowest BCUT2D eigenvalue weighted by Crippen LogP contribution is -2.25. The van der Waals surface area contributed by atoms with E-state index in [0.717, 1.165) is 12.5 Å². The average Bonchev–Trinajstić information content (AvgIpc) is 3.42. The van der Waals surface area contributed by atoms with Crippen LogP contribution < -0.4 is 4.90 Å². The first-order chi connectivity index (χ1) is 14.6. The van der Waals surface area contributed by atoms with Crippen LogP contribution in [-0.4, -0.2) is 26.1 Å². The zero-order valence-corrected chi connectivity index (χ0v) is 15.8. The van der Waals surface area contributed by atoms with E-state index < -0.39 is 11.6 Å². The van der Waals surface area contributed by atoms with Crippen molar-refractivity contribution in [3.8, 4) is 17.5 Å². The van der Waals surface area contributed by atoms with Gasteiger partial charge in [-0.05, 0) is 55.3 Å². The Morgan fingerprint density at radius 1 is 1.10 bits per heavy atom. The topological polar surface area (TPSA) is 70.1 Å². The minimum atomic E-state index is -0.456. The van der Waals surface area contributed by atoms with Gasteiger partial charge in [0.15, 0.2) is 5.65 Å². The third-order valence-corrected chi connectivity index (χ3v) is 5.34. The Bertz CT molecular complexity index is 1290. The van der Waals surface area contributed by atoms with Gasteiger partial charge in [-0.2, -0.15) is 5.26 Å². The second kappa shape index (κ2) is 7.19. The number of hydrogen-bond acceptors (Lipinski definition) is 5. The van der Waals surface area contributed by atoms with E-state index in [1.807, 2.05) is 23.1 Å². The van der Waals surface area contributed by atoms with E-state index in [1.54, 1.807) is 28.9 Å². The van der Waals surface area contributed by atoms with E-state index >= 15 is 0 Å². The maximum atomic E-state index is 14.4. The molecular formula is C22H16F2N6. The molecule has 0 saturated carbocycles. The fourth-order valence-corrected chi connectivity index (χ4v) is 3.97. The first kappa shape index (κ1) is 18.2. The fourth-order valence-electron chi connectivity index (χ4n) is 3.97. The Kier molecular flexibility index (Phi) is 4.36. The Morgan fingerprint density at radius 2 is 2.00 bits per heavy atom. The van der Waals surface area contributed by atoms with Crippen LogP contribution in [0, 0.1) is 23.0 Å². The van der Waals surface area contributed by atoms with Crippen LogP contribution in [0.2, 0.25) is 0 Å². The molecule has 1 atom stereocenters. The van der Waals surface area contributed by atoms with Crippen molar-refractivity contribution in [2.45, 2.75) is 18.9 Å². The van der Waals surface area contributed by atoms with Gasteiger partial charge in [0, 0.05) is 12.1 Å². The number of anilines is 1. The molecule has 8 heteroatoms. The first-order valence-corrected chi connectivity index (χ1v) is 9.58. The summed E-state index contributed by atoms with van der Waals surface area (Å²) in [6, 6.07) is 14.1. The number of nitrogens with zero attached hydrogens (tertiary/aromatic N) is 6. The predicted octanol–water partition coefficient (Wildman–Crippen LogP) is 4.28. The van der Waals surface area contributed by atoms with Crippen LogP contribution in [0.1, 0.15) is 30.1 Å². The summed E-state index contributed by atoms with van der Waals surface area (Å²) >= 11 is 0. The van der Waals surface area contributed by atoms with Crippen LogP contribution in [0.25, 0.3) is 17.0 Å². The molecule has 1 aliphatic rings. The fraction of sp³-hybridized carbons (Fsp3) is 0.182. The van der Waals surface area contributed by atoms with E-state index in [0.29, 0.717) is 47.1 Å². The highest BCUT2D eigenvalue weighted by Gasteiger charge is 2.30. The summed E-state index contributed by atoms with van der Waals surface area (Å²) in [7, 11) is 0. The van der Waals surface area contributed by atoms with Crippen LogP contribution in [-0.2, 0) is 0 Å². The number of pyridine rings is 1. The Labute approximate surface area is 171 Å². The SMILES string of the molecule is N#Cc1cccc(-c2cnc3ccc(N4CCCC4c4cc(F)ccc4F)nn23)n1. The molecular weight excluding hydrogens is 386 g/mol. The number of nitriles is 1. The van der Waals surface area contributed by atoms with Crippen molar-refractivity contribution >= 4 is 11.5 Å². The number of aromatic nitrogens is 4. The lowest BCUT2D eigenvalue weighted by Gasteiger charge is -2.26. The molecule has 6 nitrogen and oxygen atoms in total. The molecule has 4 aromatic rings. The molecule has 0 amide bonds. The minimum absolute atomic E-state index is 0.294. The molecule has 1 fully saturated rings. The largest absolute Gasteiger partial charge is 0.348 e. The van der Waals surface area contributed by atoms with Gasteiger partial charge in [-0.3, -0.25) is 0 Å². The van der Waals surface area contributed by atoms with Gasteiger partial charge in [-0.15, -0.1) is 5.10 Å². The first-order valence-electron chi connectivity index (χ1n) is 9.58. The lowest BCUT2D eigenvalue weighted by atomic mass is 10.0. The summed E-state index contributed by atoms with van der Waals surface area (Å²) in [6.45, 7) is 0.686. The number of hydrogen-bond donors (Lipinski definition) is 0.